The summed E-state index contributed by atoms with van der Waals surface area (Å²) < 4.78 is 27.4. The van der Waals surface area contributed by atoms with Gasteiger partial charge in [0.25, 0.3) is 0 Å². The van der Waals surface area contributed by atoms with E-state index >= 15 is 0 Å². The fraction of sp³-hybridized carbons (Fsp3) is 0.818. The molecule has 1 saturated carbocycles. The highest BCUT2D eigenvalue weighted by Crippen LogP contribution is 2.28. The van der Waals surface area contributed by atoms with Gasteiger partial charge >= 0.3 is 20.2 Å². The van der Waals surface area contributed by atoms with Gasteiger partial charge in [0.05, 0.1) is 12.6 Å². The van der Waals surface area contributed by atoms with E-state index in [0.29, 0.717) is 19.4 Å². The van der Waals surface area contributed by atoms with E-state index in [-0.39, 0.29) is 24.3 Å². The van der Waals surface area contributed by atoms with E-state index in [2.05, 4.69) is 16.0 Å². The van der Waals surface area contributed by atoms with Crippen molar-refractivity contribution in [2.75, 3.05) is 13.2 Å². The Morgan fingerprint density at radius 2 is 1.82 bits per heavy atom. The summed E-state index contributed by atoms with van der Waals surface area (Å²) in [7, 11) is -3.09. The molecular formula is C22H38N3O8P. The number of hydrogen-bond acceptors (Lipinski definition) is 9. The quantitative estimate of drug-likeness (QED) is 0.182. The molecule has 0 aromatic carbocycles. The summed E-state index contributed by atoms with van der Waals surface area (Å²) in [6.07, 6.45) is 5.16. The van der Waals surface area contributed by atoms with Crippen LogP contribution in [0.25, 0.3) is 0 Å². The molecular weight excluding hydrogens is 465 g/mol. The second-order valence-electron chi connectivity index (χ2n) is 8.92. The molecule has 5 atom stereocenters. The molecule has 2 rings (SSSR count). The van der Waals surface area contributed by atoms with E-state index in [4.69, 9.17) is 13.8 Å². The normalized spacial score (nSPS) is 21.6. The highest BCUT2D eigenvalue weighted by Gasteiger charge is 2.30. The lowest BCUT2D eigenvalue weighted by atomic mass is 9.84. The van der Waals surface area contributed by atoms with Gasteiger partial charge in [-0.25, -0.2) is 9.59 Å². The maximum Gasteiger partial charge on any atom is 0.343 e. The first-order valence-corrected chi connectivity index (χ1v) is 13.4. The lowest BCUT2D eigenvalue weighted by molar-refractivity contribution is -0.165. The number of unbranched alkanes of at least 4 members (excludes halogenated alkanes) is 1. The molecule has 0 aromatic rings. The number of esters is 2. The van der Waals surface area contributed by atoms with Crippen molar-refractivity contribution in [1.82, 2.24) is 16.0 Å². The number of hydrogen-bond donors (Lipinski definition) is 3. The first kappa shape index (κ1) is 28.4. The maximum atomic E-state index is 12.5. The number of ether oxygens (including phenoxy) is 1. The summed E-state index contributed by atoms with van der Waals surface area (Å²) in [5.41, 5.74) is 0. The van der Waals surface area contributed by atoms with Gasteiger partial charge in [0.1, 0.15) is 12.1 Å². The van der Waals surface area contributed by atoms with Crippen molar-refractivity contribution < 1.29 is 37.5 Å². The van der Waals surface area contributed by atoms with Crippen LogP contribution in [-0.4, -0.2) is 61.1 Å². The van der Waals surface area contributed by atoms with Crippen molar-refractivity contribution in [1.29, 1.82) is 0 Å². The zero-order chi connectivity index (χ0) is 25.1. The van der Waals surface area contributed by atoms with Crippen molar-refractivity contribution in [3.63, 3.8) is 0 Å². The SMILES string of the molecule is CCCCC(CO[PH](=O)OC(C)C(=O)OC(=O)[C@@H]1CCCN1)NC(=O)C(C)NC(=O)C1CCC1. The van der Waals surface area contributed by atoms with E-state index in [1.165, 1.54) is 6.92 Å². The van der Waals surface area contributed by atoms with E-state index in [0.717, 1.165) is 38.5 Å². The summed E-state index contributed by atoms with van der Waals surface area (Å²) >= 11 is 0. The molecule has 2 amide bonds. The summed E-state index contributed by atoms with van der Waals surface area (Å²) in [5.74, 6) is -2.10. The zero-order valence-corrected chi connectivity index (χ0v) is 21.2. The van der Waals surface area contributed by atoms with Crippen LogP contribution in [0.3, 0.4) is 0 Å². The number of carbonyl (C=O) groups excluding carboxylic acids is 4. The van der Waals surface area contributed by atoms with E-state index < -0.39 is 44.4 Å². The van der Waals surface area contributed by atoms with Gasteiger partial charge in [-0.15, -0.1) is 0 Å². The summed E-state index contributed by atoms with van der Waals surface area (Å²) in [5, 5.41) is 8.48. The van der Waals surface area contributed by atoms with E-state index in [1.54, 1.807) is 6.92 Å². The fourth-order valence-corrected chi connectivity index (χ4v) is 4.37. The Bertz CT molecular complexity index is 740. The molecule has 1 aliphatic heterocycles. The molecule has 12 heteroatoms. The topological polar surface area (TPSA) is 149 Å². The van der Waals surface area contributed by atoms with Crippen LogP contribution in [0.2, 0.25) is 0 Å². The van der Waals surface area contributed by atoms with Crippen molar-refractivity contribution in [2.24, 2.45) is 5.92 Å². The summed E-state index contributed by atoms with van der Waals surface area (Å²) in [6, 6.07) is -1.66. The Balaban J connectivity index is 1.75. The molecule has 1 heterocycles. The van der Waals surface area contributed by atoms with E-state index in [9.17, 15) is 23.7 Å². The Labute approximate surface area is 201 Å². The van der Waals surface area contributed by atoms with Crippen LogP contribution < -0.4 is 16.0 Å². The largest absolute Gasteiger partial charge is 0.390 e. The molecule has 0 bridgehead atoms. The molecule has 0 radical (unpaired) electrons. The van der Waals surface area contributed by atoms with Gasteiger partial charge < -0.3 is 25.2 Å². The second-order valence-corrected chi connectivity index (χ2v) is 9.94. The lowest BCUT2D eigenvalue weighted by Crippen LogP contribution is -2.50. The van der Waals surface area contributed by atoms with Crippen molar-refractivity contribution in [2.45, 2.75) is 96.4 Å². The van der Waals surface area contributed by atoms with Crippen LogP contribution in [0.15, 0.2) is 0 Å². The first-order valence-electron chi connectivity index (χ1n) is 12.1. The van der Waals surface area contributed by atoms with Gasteiger partial charge in [0, 0.05) is 5.92 Å². The van der Waals surface area contributed by atoms with Gasteiger partial charge in [-0.1, -0.05) is 26.2 Å². The molecule has 0 aromatic heterocycles. The monoisotopic (exact) mass is 503 g/mol. The molecule has 0 spiro atoms. The number of nitrogens with one attached hydrogen (secondary N) is 3. The van der Waals surface area contributed by atoms with Crippen LogP contribution >= 0.6 is 8.25 Å². The molecule has 2 aliphatic rings. The Morgan fingerprint density at radius 1 is 1.09 bits per heavy atom. The molecule has 11 nitrogen and oxygen atoms in total. The third-order valence-electron chi connectivity index (χ3n) is 6.03. The van der Waals surface area contributed by atoms with Gasteiger partial charge in [0.15, 0.2) is 6.10 Å². The van der Waals surface area contributed by atoms with Gasteiger partial charge in [0.2, 0.25) is 11.8 Å². The Kier molecular flexibility index (Phi) is 12.2. The first-order chi connectivity index (χ1) is 16.2. The zero-order valence-electron chi connectivity index (χ0n) is 20.2. The lowest BCUT2D eigenvalue weighted by Gasteiger charge is -2.27. The molecule has 3 N–H and O–H groups in total. The van der Waals surface area contributed by atoms with Gasteiger partial charge in [-0.05, 0) is 52.5 Å². The Hall–Kier alpha value is -1.81. The molecule has 2 fully saturated rings. The van der Waals surface area contributed by atoms with Crippen LogP contribution in [-0.2, 0) is 37.5 Å². The number of carbonyl (C=O) groups is 4. The van der Waals surface area contributed by atoms with Crippen LogP contribution in [0.1, 0.15) is 72.1 Å². The average Bonchev–Trinajstić information content (AvgIpc) is 3.29. The third kappa shape index (κ3) is 9.44. The van der Waals surface area contributed by atoms with Crippen molar-refractivity contribution >= 4 is 32.0 Å². The molecule has 1 saturated heterocycles. The van der Waals surface area contributed by atoms with Gasteiger partial charge in [-0.2, -0.15) is 0 Å². The minimum atomic E-state index is -3.09. The Morgan fingerprint density at radius 3 is 2.41 bits per heavy atom. The summed E-state index contributed by atoms with van der Waals surface area (Å²) in [6.45, 7) is 5.54. The molecule has 34 heavy (non-hydrogen) atoms. The predicted molar refractivity (Wildman–Crippen MR) is 124 cm³/mol. The molecule has 4 unspecified atom stereocenters. The van der Waals surface area contributed by atoms with Crippen molar-refractivity contribution in [3.05, 3.63) is 0 Å². The number of rotatable bonds is 14. The molecule has 1 aliphatic carbocycles. The fourth-order valence-electron chi connectivity index (χ4n) is 3.58. The van der Waals surface area contributed by atoms with Gasteiger partial charge in [-0.3, -0.25) is 18.7 Å². The average molecular weight is 504 g/mol. The van der Waals surface area contributed by atoms with Crippen LogP contribution in [0.5, 0.6) is 0 Å². The highest BCUT2D eigenvalue weighted by molar-refractivity contribution is 7.33. The minimum absolute atomic E-state index is 0.0179. The highest BCUT2D eigenvalue weighted by atomic mass is 31.1. The maximum absolute atomic E-state index is 12.5. The number of amides is 2. The van der Waals surface area contributed by atoms with Crippen molar-refractivity contribution in [3.8, 4) is 0 Å². The van der Waals surface area contributed by atoms with Crippen LogP contribution in [0.4, 0.5) is 0 Å². The van der Waals surface area contributed by atoms with E-state index in [1.807, 2.05) is 6.92 Å². The summed E-state index contributed by atoms with van der Waals surface area (Å²) in [4.78, 5) is 48.6. The second kappa shape index (κ2) is 14.6. The smallest absolute Gasteiger partial charge is 0.343 e. The molecule has 194 valence electrons. The standard InChI is InChI=1S/C22H38N3O8P/c1-4-5-10-17(25-19(26)14(2)24-20(27)16-8-6-9-16)13-31-34(30)33-15(3)21(28)32-22(29)18-11-7-12-23-18/h14-18,23,34H,4-13H2,1-3H3,(H,24,27)(H,25,26)/t14?,15?,17?,18-/m0/s1. The minimum Gasteiger partial charge on any atom is -0.390 e. The predicted octanol–water partition coefficient (Wildman–Crippen LogP) is 1.60. The third-order valence-corrected chi connectivity index (χ3v) is 6.98. The van der Waals surface area contributed by atoms with Crippen LogP contribution in [0, 0.1) is 5.92 Å².